The van der Waals surface area contributed by atoms with E-state index in [1.807, 2.05) is 0 Å². The molecule has 0 aliphatic carbocycles. The minimum absolute atomic E-state index is 0.218. The van der Waals surface area contributed by atoms with Crippen molar-refractivity contribution in [3.63, 3.8) is 0 Å². The van der Waals surface area contributed by atoms with Crippen LogP contribution >= 0.6 is 0 Å². The quantitative estimate of drug-likeness (QED) is 0.889. The van der Waals surface area contributed by atoms with E-state index in [9.17, 15) is 9.18 Å². The topological polar surface area (TPSA) is 40.5 Å². The number of carbonyl (C=O) groups is 1. The SMILES string of the molecule is O=C(O)CCC1CCCCN1Cc1ccc(F)cc1. The summed E-state index contributed by atoms with van der Waals surface area (Å²) in [6.07, 6.45) is 4.32. The third-order valence-electron chi connectivity index (χ3n) is 3.74. The van der Waals surface area contributed by atoms with Gasteiger partial charge in [-0.3, -0.25) is 9.69 Å². The van der Waals surface area contributed by atoms with E-state index in [0.29, 0.717) is 12.5 Å². The number of likely N-dealkylation sites (tertiary alicyclic amines) is 1. The van der Waals surface area contributed by atoms with E-state index in [-0.39, 0.29) is 12.2 Å². The molecule has 0 aromatic heterocycles. The number of nitrogens with zero attached hydrogens (tertiary/aromatic N) is 1. The second-order valence-corrected chi connectivity index (χ2v) is 5.18. The van der Waals surface area contributed by atoms with Gasteiger partial charge in [-0.2, -0.15) is 0 Å². The number of hydrogen-bond acceptors (Lipinski definition) is 2. The zero-order valence-corrected chi connectivity index (χ0v) is 11.0. The van der Waals surface area contributed by atoms with Crippen molar-refractivity contribution in [3.05, 3.63) is 35.6 Å². The number of carboxylic acid groups (broad SMARTS) is 1. The van der Waals surface area contributed by atoms with Gasteiger partial charge in [0.05, 0.1) is 0 Å². The van der Waals surface area contributed by atoms with Crippen LogP contribution in [0.3, 0.4) is 0 Å². The molecule has 1 aliphatic heterocycles. The zero-order valence-electron chi connectivity index (χ0n) is 11.0. The van der Waals surface area contributed by atoms with Gasteiger partial charge in [0.25, 0.3) is 0 Å². The maximum atomic E-state index is 12.9. The lowest BCUT2D eigenvalue weighted by Crippen LogP contribution is -2.39. The minimum atomic E-state index is -0.729. The number of aliphatic carboxylic acids is 1. The molecule has 0 radical (unpaired) electrons. The summed E-state index contributed by atoms with van der Waals surface area (Å²) in [5, 5.41) is 8.79. The highest BCUT2D eigenvalue weighted by Gasteiger charge is 2.22. The summed E-state index contributed by atoms with van der Waals surface area (Å²) in [5.74, 6) is -0.947. The highest BCUT2D eigenvalue weighted by Crippen LogP contribution is 2.23. The normalized spacial score (nSPS) is 20.4. The van der Waals surface area contributed by atoms with Crippen LogP contribution in [0.25, 0.3) is 0 Å². The monoisotopic (exact) mass is 265 g/mol. The molecule has 0 amide bonds. The average Bonchev–Trinajstić information content (AvgIpc) is 2.40. The van der Waals surface area contributed by atoms with Gasteiger partial charge in [-0.25, -0.2) is 4.39 Å². The molecule has 3 nitrogen and oxygen atoms in total. The third-order valence-corrected chi connectivity index (χ3v) is 3.74. The molecule has 1 fully saturated rings. The lowest BCUT2D eigenvalue weighted by molar-refractivity contribution is -0.137. The molecule has 1 heterocycles. The second kappa shape index (κ2) is 6.66. The summed E-state index contributed by atoms with van der Waals surface area (Å²) in [4.78, 5) is 13.0. The van der Waals surface area contributed by atoms with Crippen molar-refractivity contribution in [1.29, 1.82) is 0 Å². The van der Waals surface area contributed by atoms with Gasteiger partial charge < -0.3 is 5.11 Å². The van der Waals surface area contributed by atoms with Crippen LogP contribution in [0.1, 0.15) is 37.7 Å². The van der Waals surface area contributed by atoms with Crippen molar-refractivity contribution < 1.29 is 14.3 Å². The largest absolute Gasteiger partial charge is 0.481 e. The van der Waals surface area contributed by atoms with Gasteiger partial charge in [-0.1, -0.05) is 18.6 Å². The molecule has 1 aromatic carbocycles. The molecule has 0 bridgehead atoms. The van der Waals surface area contributed by atoms with E-state index >= 15 is 0 Å². The molecule has 0 spiro atoms. The Bertz CT molecular complexity index is 419. The summed E-state index contributed by atoms with van der Waals surface area (Å²) in [6.45, 7) is 1.78. The van der Waals surface area contributed by atoms with Crippen LogP contribution in [0.2, 0.25) is 0 Å². The number of benzene rings is 1. The predicted molar refractivity (Wildman–Crippen MR) is 71.3 cm³/mol. The van der Waals surface area contributed by atoms with E-state index in [1.54, 1.807) is 12.1 Å². The third kappa shape index (κ3) is 4.31. The lowest BCUT2D eigenvalue weighted by Gasteiger charge is -2.35. The summed E-state index contributed by atoms with van der Waals surface area (Å²) >= 11 is 0. The molecule has 1 unspecified atom stereocenters. The first-order chi connectivity index (χ1) is 9.15. The highest BCUT2D eigenvalue weighted by molar-refractivity contribution is 5.66. The molecule has 1 atom stereocenters. The van der Waals surface area contributed by atoms with Gasteiger partial charge in [-0.05, 0) is 43.5 Å². The second-order valence-electron chi connectivity index (χ2n) is 5.18. The average molecular weight is 265 g/mol. The molecule has 104 valence electrons. The lowest BCUT2D eigenvalue weighted by atomic mass is 9.97. The highest BCUT2D eigenvalue weighted by atomic mass is 19.1. The smallest absolute Gasteiger partial charge is 0.303 e. The molecular weight excluding hydrogens is 245 g/mol. The number of hydrogen-bond donors (Lipinski definition) is 1. The van der Waals surface area contributed by atoms with Crippen molar-refractivity contribution >= 4 is 5.97 Å². The van der Waals surface area contributed by atoms with Crippen LogP contribution < -0.4 is 0 Å². The van der Waals surface area contributed by atoms with Gasteiger partial charge in [0.2, 0.25) is 0 Å². The predicted octanol–water partition coefficient (Wildman–Crippen LogP) is 3.05. The molecule has 2 rings (SSSR count). The van der Waals surface area contributed by atoms with E-state index in [4.69, 9.17) is 5.11 Å². The summed E-state index contributed by atoms with van der Waals surface area (Å²) in [6, 6.07) is 6.91. The molecule has 1 aliphatic rings. The summed E-state index contributed by atoms with van der Waals surface area (Å²) in [5.41, 5.74) is 1.09. The van der Waals surface area contributed by atoms with E-state index in [2.05, 4.69) is 4.90 Å². The fourth-order valence-electron chi connectivity index (χ4n) is 2.71. The first-order valence-electron chi connectivity index (χ1n) is 6.85. The summed E-state index contributed by atoms with van der Waals surface area (Å²) < 4.78 is 12.9. The zero-order chi connectivity index (χ0) is 13.7. The Balaban J connectivity index is 1.95. The number of halogens is 1. The van der Waals surface area contributed by atoms with Crippen molar-refractivity contribution in [3.8, 4) is 0 Å². The molecule has 1 aromatic rings. The van der Waals surface area contributed by atoms with Crippen LogP contribution in [0, 0.1) is 5.82 Å². The molecule has 19 heavy (non-hydrogen) atoms. The Labute approximate surface area is 113 Å². The van der Waals surface area contributed by atoms with Gasteiger partial charge >= 0.3 is 5.97 Å². The molecule has 1 N–H and O–H groups in total. The molecule has 0 saturated carbocycles. The van der Waals surface area contributed by atoms with Gasteiger partial charge in [0, 0.05) is 19.0 Å². The van der Waals surface area contributed by atoms with Gasteiger partial charge in [0.1, 0.15) is 5.82 Å². The Kier molecular flexibility index (Phi) is 4.91. The standard InChI is InChI=1S/C15H20FNO2/c16-13-6-4-12(5-7-13)11-17-10-2-1-3-14(17)8-9-15(18)19/h4-7,14H,1-3,8-11H2,(H,18,19). The fraction of sp³-hybridized carbons (Fsp3) is 0.533. The maximum absolute atomic E-state index is 12.9. The molecule has 1 saturated heterocycles. The molecule has 4 heteroatoms. The van der Waals surface area contributed by atoms with Crippen molar-refractivity contribution in [1.82, 2.24) is 4.90 Å². The number of piperidine rings is 1. The van der Waals surface area contributed by atoms with Crippen LogP contribution in [0.4, 0.5) is 4.39 Å². The fourth-order valence-corrected chi connectivity index (χ4v) is 2.71. The van der Waals surface area contributed by atoms with Crippen molar-refractivity contribution in [2.75, 3.05) is 6.54 Å². The van der Waals surface area contributed by atoms with E-state index < -0.39 is 5.97 Å². The van der Waals surface area contributed by atoms with Crippen LogP contribution in [-0.2, 0) is 11.3 Å². The number of carboxylic acids is 1. The van der Waals surface area contributed by atoms with Crippen LogP contribution in [0.15, 0.2) is 24.3 Å². The van der Waals surface area contributed by atoms with Crippen LogP contribution in [0.5, 0.6) is 0 Å². The Hall–Kier alpha value is -1.42. The first-order valence-corrected chi connectivity index (χ1v) is 6.85. The summed E-state index contributed by atoms with van der Waals surface area (Å²) in [7, 11) is 0. The minimum Gasteiger partial charge on any atom is -0.481 e. The van der Waals surface area contributed by atoms with E-state index in [1.165, 1.54) is 18.6 Å². The van der Waals surface area contributed by atoms with Gasteiger partial charge in [0.15, 0.2) is 0 Å². The molecular formula is C15H20FNO2. The maximum Gasteiger partial charge on any atom is 0.303 e. The Morgan fingerprint density at radius 1 is 1.32 bits per heavy atom. The number of rotatable bonds is 5. The first kappa shape index (κ1) is 14.0. The van der Waals surface area contributed by atoms with Crippen LogP contribution in [-0.4, -0.2) is 28.6 Å². The van der Waals surface area contributed by atoms with Crippen molar-refractivity contribution in [2.24, 2.45) is 0 Å². The van der Waals surface area contributed by atoms with Gasteiger partial charge in [-0.15, -0.1) is 0 Å². The Morgan fingerprint density at radius 3 is 2.74 bits per heavy atom. The van der Waals surface area contributed by atoms with Crippen molar-refractivity contribution in [2.45, 2.75) is 44.7 Å². The Morgan fingerprint density at radius 2 is 2.05 bits per heavy atom. The van der Waals surface area contributed by atoms with E-state index in [0.717, 1.165) is 31.5 Å².